The van der Waals surface area contributed by atoms with E-state index in [9.17, 15) is 0 Å². The lowest BCUT2D eigenvalue weighted by Gasteiger charge is -2.03. The third-order valence-corrected chi connectivity index (χ3v) is 4.58. The molecule has 0 amide bonds. The predicted molar refractivity (Wildman–Crippen MR) is 98.7 cm³/mol. The number of halogens is 1. The maximum Gasteiger partial charge on any atom is 0.188 e. The molecule has 0 aliphatic rings. The van der Waals surface area contributed by atoms with Gasteiger partial charge in [0, 0.05) is 43.4 Å². The average molecular weight is 374 g/mol. The lowest BCUT2D eigenvalue weighted by atomic mass is 10.4. The molecule has 0 bridgehead atoms. The monoisotopic (exact) mass is 373 g/mol. The van der Waals surface area contributed by atoms with Gasteiger partial charge in [-0.05, 0) is 13.0 Å². The second-order valence-corrected chi connectivity index (χ2v) is 6.24. The predicted octanol–water partition coefficient (Wildman–Crippen LogP) is 2.98. The van der Waals surface area contributed by atoms with Crippen molar-refractivity contribution in [2.75, 3.05) is 0 Å². The van der Waals surface area contributed by atoms with Gasteiger partial charge in [0.15, 0.2) is 16.7 Å². The van der Waals surface area contributed by atoms with Crippen molar-refractivity contribution in [3.05, 3.63) is 53.9 Å². The molecule has 4 rings (SSSR count). The number of nitrogens with zero attached hydrogens (tertiary/aromatic N) is 7. The summed E-state index contributed by atoms with van der Waals surface area (Å²) in [4.78, 5) is 22.1. The van der Waals surface area contributed by atoms with Crippen LogP contribution in [0, 0.1) is 6.92 Å². The first-order chi connectivity index (χ1) is 11.7. The summed E-state index contributed by atoms with van der Waals surface area (Å²) in [5.74, 6) is 2.45. The van der Waals surface area contributed by atoms with E-state index in [2.05, 4.69) is 24.9 Å². The summed E-state index contributed by atoms with van der Waals surface area (Å²) in [7, 11) is 1.98. The molecule has 4 aromatic heterocycles. The summed E-state index contributed by atoms with van der Waals surface area (Å²) in [5.41, 5.74) is 1.82. The molecule has 0 fully saturated rings. The van der Waals surface area contributed by atoms with Gasteiger partial charge in [-0.1, -0.05) is 0 Å². The minimum Gasteiger partial charge on any atom is -0.337 e. The number of aryl methyl sites for hydroxylation is 2. The molecule has 0 aliphatic heterocycles. The molecule has 0 unspecified atom stereocenters. The smallest absolute Gasteiger partial charge is 0.188 e. The van der Waals surface area contributed by atoms with Gasteiger partial charge in [0.25, 0.3) is 0 Å². The van der Waals surface area contributed by atoms with Gasteiger partial charge in [-0.2, -0.15) is 0 Å². The number of aromatic nitrogens is 7. The third kappa shape index (κ3) is 3.45. The molecular weight excluding hydrogens is 358 g/mol. The van der Waals surface area contributed by atoms with Crippen LogP contribution >= 0.6 is 23.7 Å². The molecule has 4 heterocycles. The Morgan fingerprint density at radius 1 is 1.08 bits per heavy atom. The molecule has 0 saturated heterocycles. The normalized spacial score (nSPS) is 10.6. The highest BCUT2D eigenvalue weighted by Crippen LogP contribution is 2.22. The van der Waals surface area contributed by atoms with Crippen LogP contribution in [0.4, 0.5) is 0 Å². The van der Waals surface area contributed by atoms with E-state index < -0.39 is 0 Å². The maximum absolute atomic E-state index is 4.63. The lowest BCUT2D eigenvalue weighted by Crippen LogP contribution is -2.02. The molecule has 7 nitrogen and oxygen atoms in total. The van der Waals surface area contributed by atoms with Crippen molar-refractivity contribution in [3.63, 3.8) is 0 Å². The minimum atomic E-state index is 0. The first kappa shape index (κ1) is 17.2. The summed E-state index contributed by atoms with van der Waals surface area (Å²) in [5, 5.41) is 2.85. The van der Waals surface area contributed by atoms with Gasteiger partial charge in [0.05, 0.1) is 12.2 Å². The average Bonchev–Trinajstić information content (AvgIpc) is 3.31. The standard InChI is InChI=1S/C16H15N7S.ClH/c1-11-20-13(9-22(11)2)15-19-6-7-23(15)8-12-10-24-16(21-12)14-17-4-3-5-18-14;/h3-7,9-10H,8H2,1-2H3;1H. The molecule has 0 N–H and O–H groups in total. The van der Waals surface area contributed by atoms with Gasteiger partial charge < -0.3 is 9.13 Å². The van der Waals surface area contributed by atoms with Gasteiger partial charge in [-0.3, -0.25) is 0 Å². The Morgan fingerprint density at radius 2 is 1.88 bits per heavy atom. The highest BCUT2D eigenvalue weighted by atomic mass is 35.5. The van der Waals surface area contributed by atoms with E-state index in [-0.39, 0.29) is 12.4 Å². The first-order valence-electron chi connectivity index (χ1n) is 7.44. The van der Waals surface area contributed by atoms with Gasteiger partial charge in [-0.25, -0.2) is 24.9 Å². The molecule has 9 heteroatoms. The Kier molecular flexibility index (Phi) is 4.91. The Hall–Kier alpha value is -2.58. The lowest BCUT2D eigenvalue weighted by molar-refractivity contribution is 0.785. The van der Waals surface area contributed by atoms with E-state index in [1.54, 1.807) is 36.0 Å². The molecule has 0 aliphatic carbocycles. The van der Waals surface area contributed by atoms with Crippen LogP contribution in [-0.2, 0) is 13.6 Å². The zero-order valence-electron chi connectivity index (χ0n) is 13.7. The van der Waals surface area contributed by atoms with Crippen LogP contribution in [0.15, 0.2) is 42.4 Å². The molecule has 0 spiro atoms. The van der Waals surface area contributed by atoms with Gasteiger partial charge in [-0.15, -0.1) is 23.7 Å². The van der Waals surface area contributed by atoms with Crippen molar-refractivity contribution >= 4 is 23.7 Å². The molecule has 25 heavy (non-hydrogen) atoms. The van der Waals surface area contributed by atoms with E-state index in [0.717, 1.165) is 28.0 Å². The van der Waals surface area contributed by atoms with Crippen molar-refractivity contribution in [1.29, 1.82) is 0 Å². The second-order valence-electron chi connectivity index (χ2n) is 5.38. The Labute approximate surface area is 154 Å². The van der Waals surface area contributed by atoms with Crippen LogP contribution in [0.1, 0.15) is 11.5 Å². The fourth-order valence-corrected chi connectivity index (χ4v) is 3.16. The fourth-order valence-electron chi connectivity index (χ4n) is 2.40. The van der Waals surface area contributed by atoms with Crippen LogP contribution < -0.4 is 0 Å². The number of hydrogen-bond acceptors (Lipinski definition) is 6. The molecule has 0 aromatic carbocycles. The molecular formula is C16H16ClN7S. The third-order valence-electron chi connectivity index (χ3n) is 3.69. The molecule has 0 atom stereocenters. The fraction of sp³-hybridized carbons (Fsp3) is 0.188. The van der Waals surface area contributed by atoms with E-state index >= 15 is 0 Å². The van der Waals surface area contributed by atoms with E-state index in [4.69, 9.17) is 0 Å². The summed E-state index contributed by atoms with van der Waals surface area (Å²) in [6.07, 6.45) is 9.16. The minimum absolute atomic E-state index is 0. The topological polar surface area (TPSA) is 74.3 Å². The molecule has 128 valence electrons. The van der Waals surface area contributed by atoms with Crippen LogP contribution in [0.25, 0.3) is 22.4 Å². The van der Waals surface area contributed by atoms with Crippen molar-refractivity contribution in [2.24, 2.45) is 7.05 Å². The Bertz CT molecular complexity index is 954. The van der Waals surface area contributed by atoms with Crippen molar-refractivity contribution in [2.45, 2.75) is 13.5 Å². The second kappa shape index (κ2) is 7.12. The van der Waals surface area contributed by atoms with E-state index in [1.165, 1.54) is 0 Å². The summed E-state index contributed by atoms with van der Waals surface area (Å²) in [6.45, 7) is 2.61. The quantitative estimate of drug-likeness (QED) is 0.549. The first-order valence-corrected chi connectivity index (χ1v) is 8.32. The zero-order valence-corrected chi connectivity index (χ0v) is 15.3. The van der Waals surface area contributed by atoms with Crippen molar-refractivity contribution < 1.29 is 0 Å². The van der Waals surface area contributed by atoms with Gasteiger partial charge >= 0.3 is 0 Å². The summed E-state index contributed by atoms with van der Waals surface area (Å²) < 4.78 is 4.04. The zero-order chi connectivity index (χ0) is 16.5. The van der Waals surface area contributed by atoms with Gasteiger partial charge in [0.1, 0.15) is 11.5 Å². The maximum atomic E-state index is 4.63. The number of hydrogen-bond donors (Lipinski definition) is 0. The largest absolute Gasteiger partial charge is 0.337 e. The molecule has 0 saturated carbocycles. The highest BCUT2D eigenvalue weighted by Gasteiger charge is 2.13. The summed E-state index contributed by atoms with van der Waals surface area (Å²) in [6, 6.07) is 1.80. The van der Waals surface area contributed by atoms with Crippen molar-refractivity contribution in [3.8, 4) is 22.4 Å². The summed E-state index contributed by atoms with van der Waals surface area (Å²) >= 11 is 1.54. The van der Waals surface area contributed by atoms with Crippen LogP contribution in [-0.4, -0.2) is 34.1 Å². The van der Waals surface area contributed by atoms with Crippen LogP contribution in [0.2, 0.25) is 0 Å². The Morgan fingerprint density at radius 3 is 2.60 bits per heavy atom. The number of imidazole rings is 2. The van der Waals surface area contributed by atoms with E-state index in [1.807, 2.05) is 40.9 Å². The molecule has 0 radical (unpaired) electrons. The van der Waals surface area contributed by atoms with Gasteiger partial charge in [0.2, 0.25) is 0 Å². The van der Waals surface area contributed by atoms with Crippen LogP contribution in [0.3, 0.4) is 0 Å². The Balaban J connectivity index is 0.00000182. The number of thiazole rings is 1. The van der Waals surface area contributed by atoms with E-state index in [0.29, 0.717) is 12.4 Å². The SMILES string of the molecule is Cc1nc(-c2nccn2Cc2csc(-c3ncccn3)n2)cn1C.Cl. The van der Waals surface area contributed by atoms with Crippen LogP contribution in [0.5, 0.6) is 0 Å². The number of rotatable bonds is 4. The van der Waals surface area contributed by atoms with Crippen molar-refractivity contribution in [1.82, 2.24) is 34.1 Å². The highest BCUT2D eigenvalue weighted by molar-refractivity contribution is 7.13. The molecule has 4 aromatic rings.